The highest BCUT2D eigenvalue weighted by molar-refractivity contribution is 7.98. The first-order valence-corrected chi connectivity index (χ1v) is 7.40. The predicted octanol–water partition coefficient (Wildman–Crippen LogP) is 1.30. The van der Waals surface area contributed by atoms with Gasteiger partial charge in [0.15, 0.2) is 0 Å². The van der Waals surface area contributed by atoms with Gasteiger partial charge in [0.1, 0.15) is 5.41 Å². The third kappa shape index (κ3) is 3.62. The molecule has 0 aromatic carbocycles. The Kier molecular flexibility index (Phi) is 5.79. The van der Waals surface area contributed by atoms with Gasteiger partial charge in [0.05, 0.1) is 6.07 Å². The molecule has 1 saturated carbocycles. The smallest absolute Gasteiger partial charge is 0.240 e. The van der Waals surface area contributed by atoms with Crippen molar-refractivity contribution >= 4 is 17.7 Å². The fourth-order valence-electron chi connectivity index (χ4n) is 2.25. The van der Waals surface area contributed by atoms with Gasteiger partial charge in [-0.3, -0.25) is 4.79 Å². The molecule has 0 aromatic rings. The minimum absolute atomic E-state index is 0.0340. The first kappa shape index (κ1) is 14.3. The van der Waals surface area contributed by atoms with Gasteiger partial charge in [0, 0.05) is 18.4 Å². The zero-order valence-corrected chi connectivity index (χ0v) is 11.1. The first-order valence-electron chi connectivity index (χ1n) is 6.00. The van der Waals surface area contributed by atoms with Crippen molar-refractivity contribution in [1.82, 2.24) is 5.32 Å². The average molecular weight is 256 g/mol. The molecule has 1 aliphatic rings. The van der Waals surface area contributed by atoms with Crippen LogP contribution in [0.2, 0.25) is 0 Å². The lowest BCUT2D eigenvalue weighted by Gasteiger charge is -2.24. The number of nitrogens with zero attached hydrogens (tertiary/aromatic N) is 1. The summed E-state index contributed by atoms with van der Waals surface area (Å²) in [5, 5.41) is 21.0. The molecule has 1 rings (SSSR count). The SMILES string of the molecule is CSCC(CCO)NC(=O)C1(C#N)CCCC1. The summed E-state index contributed by atoms with van der Waals surface area (Å²) in [5.41, 5.74) is -0.813. The zero-order chi connectivity index (χ0) is 12.7. The van der Waals surface area contributed by atoms with Crippen LogP contribution < -0.4 is 5.32 Å². The summed E-state index contributed by atoms with van der Waals surface area (Å²) in [6.07, 6.45) is 5.75. The number of nitriles is 1. The summed E-state index contributed by atoms with van der Waals surface area (Å²) in [6.45, 7) is 0.0606. The molecule has 4 nitrogen and oxygen atoms in total. The molecule has 0 aliphatic heterocycles. The maximum absolute atomic E-state index is 12.1. The van der Waals surface area contributed by atoms with E-state index < -0.39 is 5.41 Å². The summed E-state index contributed by atoms with van der Waals surface area (Å²) < 4.78 is 0. The molecule has 1 atom stereocenters. The Hall–Kier alpha value is -0.730. The third-order valence-corrected chi connectivity index (χ3v) is 4.02. The van der Waals surface area contributed by atoms with E-state index in [9.17, 15) is 10.1 Å². The van der Waals surface area contributed by atoms with Gasteiger partial charge in [-0.05, 0) is 25.5 Å². The number of nitrogens with one attached hydrogen (secondary N) is 1. The van der Waals surface area contributed by atoms with Gasteiger partial charge >= 0.3 is 0 Å². The highest BCUT2D eigenvalue weighted by Gasteiger charge is 2.41. The summed E-state index contributed by atoms with van der Waals surface area (Å²) in [5.74, 6) is 0.623. The lowest BCUT2D eigenvalue weighted by molar-refractivity contribution is -0.128. The highest BCUT2D eigenvalue weighted by Crippen LogP contribution is 2.37. The van der Waals surface area contributed by atoms with Gasteiger partial charge < -0.3 is 10.4 Å². The number of carbonyl (C=O) groups is 1. The molecular weight excluding hydrogens is 236 g/mol. The Labute approximate surface area is 107 Å². The minimum Gasteiger partial charge on any atom is -0.396 e. The van der Waals surface area contributed by atoms with Crippen molar-refractivity contribution in [3.63, 3.8) is 0 Å². The van der Waals surface area contributed by atoms with Crippen LogP contribution in [0.5, 0.6) is 0 Å². The molecule has 5 heteroatoms. The van der Waals surface area contributed by atoms with Gasteiger partial charge in [-0.15, -0.1) is 0 Å². The number of carbonyl (C=O) groups excluding carboxylic acids is 1. The molecule has 0 spiro atoms. The molecule has 0 aromatic heterocycles. The number of hydrogen-bond donors (Lipinski definition) is 2. The molecule has 1 unspecified atom stereocenters. The van der Waals surface area contributed by atoms with Gasteiger partial charge in [-0.1, -0.05) is 12.8 Å². The highest BCUT2D eigenvalue weighted by atomic mass is 32.2. The van der Waals surface area contributed by atoms with E-state index in [2.05, 4.69) is 11.4 Å². The largest absolute Gasteiger partial charge is 0.396 e. The maximum atomic E-state index is 12.1. The molecule has 1 fully saturated rings. The van der Waals surface area contributed by atoms with E-state index in [0.717, 1.165) is 18.6 Å². The summed E-state index contributed by atoms with van der Waals surface area (Å²) >= 11 is 1.63. The Morgan fingerprint density at radius 2 is 2.24 bits per heavy atom. The van der Waals surface area contributed by atoms with Crippen molar-refractivity contribution in [3.05, 3.63) is 0 Å². The third-order valence-electron chi connectivity index (χ3n) is 3.29. The Bertz CT molecular complexity index is 289. The molecular formula is C12H20N2O2S. The molecule has 0 heterocycles. The van der Waals surface area contributed by atoms with Gasteiger partial charge in [0.25, 0.3) is 0 Å². The van der Waals surface area contributed by atoms with Crippen molar-refractivity contribution < 1.29 is 9.90 Å². The van der Waals surface area contributed by atoms with Crippen molar-refractivity contribution in [2.24, 2.45) is 5.41 Å². The van der Waals surface area contributed by atoms with Crippen LogP contribution in [-0.2, 0) is 4.79 Å². The van der Waals surface area contributed by atoms with Crippen molar-refractivity contribution in [3.8, 4) is 6.07 Å². The molecule has 2 N–H and O–H groups in total. The normalized spacial score (nSPS) is 19.6. The summed E-state index contributed by atoms with van der Waals surface area (Å²) in [4.78, 5) is 12.1. The first-order chi connectivity index (χ1) is 8.18. The van der Waals surface area contributed by atoms with E-state index >= 15 is 0 Å². The van der Waals surface area contributed by atoms with Crippen LogP contribution in [0.3, 0.4) is 0 Å². The Morgan fingerprint density at radius 3 is 2.71 bits per heavy atom. The monoisotopic (exact) mass is 256 g/mol. The van der Waals surface area contributed by atoms with Gasteiger partial charge in [-0.2, -0.15) is 17.0 Å². The van der Waals surface area contributed by atoms with Gasteiger partial charge in [-0.25, -0.2) is 0 Å². The molecule has 0 bridgehead atoms. The fraction of sp³-hybridized carbons (Fsp3) is 0.833. The molecule has 1 aliphatic carbocycles. The Balaban J connectivity index is 2.59. The Morgan fingerprint density at radius 1 is 1.59 bits per heavy atom. The number of hydrogen-bond acceptors (Lipinski definition) is 4. The molecule has 0 saturated heterocycles. The second kappa shape index (κ2) is 6.87. The van der Waals surface area contributed by atoms with Gasteiger partial charge in [0.2, 0.25) is 5.91 Å². The van der Waals surface area contributed by atoms with E-state index in [0.29, 0.717) is 19.3 Å². The lowest BCUT2D eigenvalue weighted by Crippen LogP contribution is -2.45. The molecule has 96 valence electrons. The predicted molar refractivity (Wildman–Crippen MR) is 68.5 cm³/mol. The van der Waals surface area contributed by atoms with Crippen molar-refractivity contribution in [2.45, 2.75) is 38.1 Å². The van der Waals surface area contributed by atoms with Crippen LogP contribution in [0, 0.1) is 16.7 Å². The average Bonchev–Trinajstić information content (AvgIpc) is 2.79. The van der Waals surface area contributed by atoms with E-state index in [4.69, 9.17) is 5.11 Å². The number of amides is 1. The number of rotatable bonds is 6. The standard InChI is InChI=1S/C12H20N2O2S/c1-17-8-10(4-7-15)14-11(16)12(9-13)5-2-3-6-12/h10,15H,2-8H2,1H3,(H,14,16). The molecule has 1 amide bonds. The van der Waals surface area contributed by atoms with Crippen LogP contribution in [0.15, 0.2) is 0 Å². The van der Waals surface area contributed by atoms with E-state index in [1.807, 2.05) is 6.26 Å². The van der Waals surface area contributed by atoms with Crippen molar-refractivity contribution in [1.29, 1.82) is 5.26 Å². The maximum Gasteiger partial charge on any atom is 0.240 e. The molecule has 17 heavy (non-hydrogen) atoms. The van der Waals surface area contributed by atoms with Crippen LogP contribution in [0.4, 0.5) is 0 Å². The van der Waals surface area contributed by atoms with Crippen LogP contribution in [0.1, 0.15) is 32.1 Å². The van der Waals surface area contributed by atoms with E-state index in [1.54, 1.807) is 11.8 Å². The number of aliphatic hydroxyl groups excluding tert-OH is 1. The lowest BCUT2D eigenvalue weighted by atomic mass is 9.87. The second-order valence-corrected chi connectivity index (χ2v) is 5.45. The van der Waals surface area contributed by atoms with Crippen LogP contribution >= 0.6 is 11.8 Å². The summed E-state index contributed by atoms with van der Waals surface area (Å²) in [7, 11) is 0. The topological polar surface area (TPSA) is 73.1 Å². The number of aliphatic hydroxyl groups is 1. The van der Waals surface area contributed by atoms with Crippen molar-refractivity contribution in [2.75, 3.05) is 18.6 Å². The van der Waals surface area contributed by atoms with Crippen LogP contribution in [-0.4, -0.2) is 35.7 Å². The summed E-state index contributed by atoms with van der Waals surface area (Å²) in [6, 6.07) is 2.15. The van der Waals surface area contributed by atoms with E-state index in [-0.39, 0.29) is 18.6 Å². The molecule has 0 radical (unpaired) electrons. The quantitative estimate of drug-likeness (QED) is 0.751. The zero-order valence-electron chi connectivity index (χ0n) is 10.2. The fourth-order valence-corrected chi connectivity index (χ4v) is 2.90. The van der Waals surface area contributed by atoms with E-state index in [1.165, 1.54) is 0 Å². The van der Waals surface area contributed by atoms with Crippen LogP contribution in [0.25, 0.3) is 0 Å². The minimum atomic E-state index is -0.813. The number of thioether (sulfide) groups is 1. The second-order valence-electron chi connectivity index (χ2n) is 4.54.